The van der Waals surface area contributed by atoms with Gasteiger partial charge in [0.05, 0.1) is 6.54 Å². The molecule has 1 aromatic carbocycles. The first kappa shape index (κ1) is 23.8. The van der Waals surface area contributed by atoms with Gasteiger partial charge in [0.2, 0.25) is 11.8 Å². The van der Waals surface area contributed by atoms with Gasteiger partial charge >= 0.3 is 0 Å². The minimum absolute atomic E-state index is 0.0566. The molecule has 32 heavy (non-hydrogen) atoms. The van der Waals surface area contributed by atoms with E-state index in [2.05, 4.69) is 81.4 Å². The Kier molecular flexibility index (Phi) is 7.60. The Morgan fingerprint density at radius 2 is 1.78 bits per heavy atom. The third kappa shape index (κ3) is 5.50. The van der Waals surface area contributed by atoms with Gasteiger partial charge in [0.15, 0.2) is 0 Å². The van der Waals surface area contributed by atoms with Gasteiger partial charge in [0.1, 0.15) is 6.04 Å². The van der Waals surface area contributed by atoms with E-state index >= 15 is 0 Å². The fraction of sp³-hybridized carbons (Fsp3) is 0.481. The van der Waals surface area contributed by atoms with Crippen LogP contribution in [0.25, 0.3) is 0 Å². The molecule has 2 aliphatic heterocycles. The molecule has 1 aromatic rings. The quantitative estimate of drug-likeness (QED) is 0.530. The summed E-state index contributed by atoms with van der Waals surface area (Å²) in [4.78, 5) is 24.4. The minimum atomic E-state index is -0.517. The van der Waals surface area contributed by atoms with Crippen molar-refractivity contribution in [1.29, 1.82) is 0 Å². The molecule has 0 aromatic heterocycles. The van der Waals surface area contributed by atoms with E-state index in [-0.39, 0.29) is 36.2 Å². The number of fused-ring (bicyclic) bond motifs is 1. The maximum Gasteiger partial charge on any atom is 0.243 e. The molecule has 4 atom stereocenters. The number of anilines is 1. The lowest BCUT2D eigenvalue weighted by atomic mass is 9.81. The van der Waals surface area contributed by atoms with E-state index in [1.807, 2.05) is 6.08 Å². The summed E-state index contributed by atoms with van der Waals surface area (Å²) in [6, 6.07) is 4.20. The van der Waals surface area contributed by atoms with Crippen molar-refractivity contribution in [2.45, 2.75) is 71.9 Å². The molecule has 1 saturated heterocycles. The maximum atomic E-state index is 12.5. The van der Waals surface area contributed by atoms with Crippen molar-refractivity contribution in [1.82, 2.24) is 10.6 Å². The molecule has 2 amide bonds. The maximum absolute atomic E-state index is 12.5. The van der Waals surface area contributed by atoms with Crippen molar-refractivity contribution in [2.24, 2.45) is 5.92 Å². The Morgan fingerprint density at radius 3 is 2.44 bits per heavy atom. The van der Waals surface area contributed by atoms with Crippen molar-refractivity contribution in [3.8, 4) is 0 Å². The van der Waals surface area contributed by atoms with Crippen LogP contribution in [0.5, 0.6) is 0 Å². The molecule has 3 rings (SSSR count). The van der Waals surface area contributed by atoms with E-state index < -0.39 is 6.04 Å². The predicted octanol–water partition coefficient (Wildman–Crippen LogP) is 4.41. The fourth-order valence-corrected chi connectivity index (χ4v) is 4.58. The fourth-order valence-electron chi connectivity index (χ4n) is 4.58. The molecule has 5 heteroatoms. The zero-order valence-electron chi connectivity index (χ0n) is 20.0. The van der Waals surface area contributed by atoms with Crippen LogP contribution in [-0.4, -0.2) is 30.4 Å². The molecule has 0 spiro atoms. The third-order valence-corrected chi connectivity index (χ3v) is 6.43. The Balaban J connectivity index is 2.04. The van der Waals surface area contributed by atoms with Gasteiger partial charge in [0, 0.05) is 17.6 Å². The number of benzene rings is 1. The second-order valence-electron chi connectivity index (χ2n) is 9.64. The van der Waals surface area contributed by atoms with Crippen molar-refractivity contribution >= 4 is 17.5 Å². The second-order valence-corrected chi connectivity index (χ2v) is 9.64. The summed E-state index contributed by atoms with van der Waals surface area (Å²) < 4.78 is 0. The van der Waals surface area contributed by atoms with Crippen LogP contribution < -0.4 is 16.0 Å². The van der Waals surface area contributed by atoms with E-state index in [1.165, 1.54) is 33.5 Å². The molecule has 1 fully saturated rings. The summed E-state index contributed by atoms with van der Waals surface area (Å²) in [5.74, 6) is 0.0840. The standard InChI is InChI=1S/C27H37N3O2/c1-7-18(6)25-22(14-23-27(32)28-15-24(31)29-23)21-13-19(10-8-16(2)3)12-20(26(21)30-25)11-9-17(4)5/h7-9,12-13,18,22-23,25,30H,1,10-11,14-15H2,2-6H3,(H,28,32)(H,29,31). The van der Waals surface area contributed by atoms with Crippen LogP contribution in [0.15, 0.2) is 48.1 Å². The Morgan fingerprint density at radius 1 is 1.09 bits per heavy atom. The number of nitrogens with one attached hydrogen (secondary N) is 3. The summed E-state index contributed by atoms with van der Waals surface area (Å²) >= 11 is 0. The molecular formula is C27H37N3O2. The lowest BCUT2D eigenvalue weighted by molar-refractivity contribution is -0.133. The topological polar surface area (TPSA) is 70.2 Å². The number of carbonyl (C=O) groups excluding carboxylic acids is 2. The van der Waals surface area contributed by atoms with Crippen LogP contribution >= 0.6 is 0 Å². The molecule has 5 nitrogen and oxygen atoms in total. The van der Waals surface area contributed by atoms with Crippen LogP contribution in [0.1, 0.15) is 63.6 Å². The summed E-state index contributed by atoms with van der Waals surface area (Å²) in [5, 5.41) is 9.38. The van der Waals surface area contributed by atoms with Crippen LogP contribution in [0, 0.1) is 5.92 Å². The van der Waals surface area contributed by atoms with E-state index in [4.69, 9.17) is 0 Å². The van der Waals surface area contributed by atoms with E-state index in [0.29, 0.717) is 6.42 Å². The zero-order chi connectivity index (χ0) is 23.4. The first-order valence-corrected chi connectivity index (χ1v) is 11.6. The van der Waals surface area contributed by atoms with E-state index in [9.17, 15) is 9.59 Å². The highest BCUT2D eigenvalue weighted by Crippen LogP contribution is 2.44. The molecule has 2 aliphatic rings. The molecule has 172 valence electrons. The molecule has 3 N–H and O–H groups in total. The monoisotopic (exact) mass is 435 g/mol. The summed E-state index contributed by atoms with van der Waals surface area (Å²) in [6.45, 7) is 14.7. The van der Waals surface area contributed by atoms with Crippen molar-refractivity contribution in [2.75, 3.05) is 11.9 Å². The third-order valence-electron chi connectivity index (χ3n) is 6.43. The average molecular weight is 436 g/mol. The van der Waals surface area contributed by atoms with E-state index in [1.54, 1.807) is 0 Å². The second kappa shape index (κ2) is 10.2. The number of carbonyl (C=O) groups is 2. The minimum Gasteiger partial charge on any atom is -0.381 e. The normalized spacial score (nSPS) is 22.7. The Hall–Kier alpha value is -2.82. The number of allylic oxidation sites excluding steroid dienone is 4. The van der Waals surface area contributed by atoms with Gasteiger partial charge in [-0.3, -0.25) is 9.59 Å². The molecule has 4 unspecified atom stereocenters. The molecule has 0 bridgehead atoms. The van der Waals surface area contributed by atoms with Gasteiger partial charge in [-0.05, 0) is 69.6 Å². The first-order valence-electron chi connectivity index (χ1n) is 11.6. The van der Waals surface area contributed by atoms with Crippen molar-refractivity contribution in [3.63, 3.8) is 0 Å². The summed E-state index contributed by atoms with van der Waals surface area (Å²) in [7, 11) is 0. The van der Waals surface area contributed by atoms with Gasteiger partial charge in [-0.1, -0.05) is 48.4 Å². The number of hydrogen-bond acceptors (Lipinski definition) is 3. The molecule has 0 saturated carbocycles. The molecule has 2 heterocycles. The smallest absolute Gasteiger partial charge is 0.243 e. The zero-order valence-corrected chi connectivity index (χ0v) is 20.0. The highest BCUT2D eigenvalue weighted by Gasteiger charge is 2.40. The van der Waals surface area contributed by atoms with Crippen molar-refractivity contribution in [3.05, 3.63) is 64.8 Å². The van der Waals surface area contributed by atoms with Gasteiger partial charge in [-0.25, -0.2) is 0 Å². The van der Waals surface area contributed by atoms with Crippen LogP contribution in [0.3, 0.4) is 0 Å². The highest BCUT2D eigenvalue weighted by atomic mass is 16.2. The SMILES string of the molecule is C=CC(C)C1Nc2c(CC=C(C)C)cc(CC=C(C)C)cc2C1CC1NC(=O)CNC1=O. The van der Waals surface area contributed by atoms with Crippen LogP contribution in [-0.2, 0) is 22.4 Å². The summed E-state index contributed by atoms with van der Waals surface area (Å²) in [6.07, 6.45) is 8.79. The van der Waals surface area contributed by atoms with Crippen molar-refractivity contribution < 1.29 is 9.59 Å². The highest BCUT2D eigenvalue weighted by molar-refractivity contribution is 5.94. The van der Waals surface area contributed by atoms with Gasteiger partial charge in [-0.2, -0.15) is 0 Å². The lowest BCUT2D eigenvalue weighted by Gasteiger charge is -2.30. The van der Waals surface area contributed by atoms with Crippen LogP contribution in [0.4, 0.5) is 5.69 Å². The van der Waals surface area contributed by atoms with Gasteiger partial charge < -0.3 is 16.0 Å². The molecular weight excluding hydrogens is 398 g/mol. The number of rotatable bonds is 8. The molecule has 0 radical (unpaired) electrons. The largest absolute Gasteiger partial charge is 0.381 e. The molecule has 0 aliphatic carbocycles. The van der Waals surface area contributed by atoms with Crippen LogP contribution in [0.2, 0.25) is 0 Å². The number of hydrogen-bond donors (Lipinski definition) is 3. The number of piperazine rings is 1. The van der Waals surface area contributed by atoms with Gasteiger partial charge in [-0.15, -0.1) is 6.58 Å². The lowest BCUT2D eigenvalue weighted by Crippen LogP contribution is -2.56. The number of amides is 2. The predicted molar refractivity (Wildman–Crippen MR) is 132 cm³/mol. The van der Waals surface area contributed by atoms with E-state index in [0.717, 1.165) is 12.8 Å². The first-order chi connectivity index (χ1) is 15.2. The average Bonchev–Trinajstić information content (AvgIpc) is 3.11. The Labute approximate surface area is 192 Å². The Bertz CT molecular complexity index is 952. The van der Waals surface area contributed by atoms with Gasteiger partial charge in [0.25, 0.3) is 0 Å². The summed E-state index contributed by atoms with van der Waals surface area (Å²) in [5.41, 5.74) is 7.56.